The van der Waals surface area contributed by atoms with Crippen LogP contribution in [-0.2, 0) is 4.79 Å². The van der Waals surface area contributed by atoms with E-state index in [9.17, 15) is 4.79 Å². The Kier molecular flexibility index (Phi) is 2.82. The van der Waals surface area contributed by atoms with E-state index < -0.39 is 0 Å². The third-order valence-corrected chi connectivity index (χ3v) is 2.06. The first-order valence-corrected chi connectivity index (χ1v) is 4.74. The predicted molar refractivity (Wildman–Crippen MR) is 60.8 cm³/mol. The van der Waals surface area contributed by atoms with Gasteiger partial charge in [0.05, 0.1) is 0 Å². The predicted octanol–water partition coefficient (Wildman–Crippen LogP) is 2.47. The maximum absolute atomic E-state index is 11.2. The number of hydrogen-bond acceptors (Lipinski definition) is 3. The molecule has 0 aliphatic rings. The summed E-state index contributed by atoms with van der Waals surface area (Å²) < 4.78 is 4.85. The van der Waals surface area contributed by atoms with Crippen LogP contribution in [0.25, 0.3) is 11.3 Å². The van der Waals surface area contributed by atoms with Gasteiger partial charge in [0, 0.05) is 5.56 Å². The summed E-state index contributed by atoms with van der Waals surface area (Å²) in [4.78, 5) is 11.2. The molecule has 16 heavy (non-hydrogen) atoms. The van der Waals surface area contributed by atoms with Crippen molar-refractivity contribution in [1.82, 2.24) is 5.16 Å². The molecule has 1 N–H and O–H groups in total. The third kappa shape index (κ3) is 2.00. The number of aromatic nitrogens is 1. The van der Waals surface area contributed by atoms with E-state index in [-0.39, 0.29) is 5.91 Å². The zero-order valence-electron chi connectivity index (χ0n) is 8.51. The lowest BCUT2D eigenvalue weighted by molar-refractivity contribution is -0.111. The molecule has 2 rings (SSSR count). The number of hydrogen-bond donors (Lipinski definition) is 1. The van der Waals surface area contributed by atoms with Gasteiger partial charge in [-0.05, 0) is 6.08 Å². The standard InChI is InChI=1S/C12H10N2O2/c1-2-11(15)13-10-8-16-14-12(10)9-6-4-3-5-7-9/h2-8H,1H2,(H,13,15). The molecule has 4 heteroatoms. The monoisotopic (exact) mass is 214 g/mol. The lowest BCUT2D eigenvalue weighted by atomic mass is 10.1. The molecule has 0 aliphatic carbocycles. The van der Waals surface area contributed by atoms with Crippen LogP contribution in [0.1, 0.15) is 0 Å². The molecule has 0 aliphatic heterocycles. The van der Waals surface area contributed by atoms with E-state index in [0.717, 1.165) is 5.56 Å². The molecule has 4 nitrogen and oxygen atoms in total. The lowest BCUT2D eigenvalue weighted by Gasteiger charge is -2.00. The van der Waals surface area contributed by atoms with E-state index in [1.807, 2.05) is 30.3 Å². The van der Waals surface area contributed by atoms with Crippen molar-refractivity contribution >= 4 is 11.6 Å². The van der Waals surface area contributed by atoms with Gasteiger partial charge in [-0.25, -0.2) is 0 Å². The Morgan fingerprint density at radius 1 is 1.38 bits per heavy atom. The molecule has 80 valence electrons. The van der Waals surface area contributed by atoms with Gasteiger partial charge in [0.1, 0.15) is 17.6 Å². The highest BCUT2D eigenvalue weighted by Crippen LogP contribution is 2.25. The van der Waals surface area contributed by atoms with Gasteiger partial charge in [-0.3, -0.25) is 4.79 Å². The second kappa shape index (κ2) is 4.44. The molecule has 0 spiro atoms. The molecule has 0 bridgehead atoms. The number of carbonyl (C=O) groups is 1. The molecule has 0 atom stereocenters. The number of amides is 1. The summed E-state index contributed by atoms with van der Waals surface area (Å²) in [5.74, 6) is -0.291. The summed E-state index contributed by atoms with van der Waals surface area (Å²) in [6, 6.07) is 9.47. The molecule has 0 saturated carbocycles. The van der Waals surface area contributed by atoms with Crippen LogP contribution >= 0.6 is 0 Å². The average Bonchev–Trinajstić information content (AvgIpc) is 2.78. The molecular formula is C12H10N2O2. The van der Waals surface area contributed by atoms with E-state index in [0.29, 0.717) is 11.4 Å². The molecule has 1 heterocycles. The first kappa shape index (κ1) is 10.2. The van der Waals surface area contributed by atoms with E-state index in [2.05, 4.69) is 17.1 Å². The van der Waals surface area contributed by atoms with Gasteiger partial charge in [-0.1, -0.05) is 42.1 Å². The SMILES string of the molecule is C=CC(=O)Nc1conc1-c1ccccc1. The van der Waals surface area contributed by atoms with Crippen molar-refractivity contribution in [2.45, 2.75) is 0 Å². The summed E-state index contributed by atoms with van der Waals surface area (Å²) in [6.07, 6.45) is 2.59. The van der Waals surface area contributed by atoms with Crippen LogP contribution in [0.15, 0.2) is 53.8 Å². The van der Waals surface area contributed by atoms with E-state index >= 15 is 0 Å². The largest absolute Gasteiger partial charge is 0.362 e. The number of rotatable bonds is 3. The minimum absolute atomic E-state index is 0.291. The summed E-state index contributed by atoms with van der Waals surface area (Å²) >= 11 is 0. The minimum atomic E-state index is -0.291. The molecule has 1 aromatic carbocycles. The second-order valence-electron chi connectivity index (χ2n) is 3.14. The molecule has 0 fully saturated rings. The fourth-order valence-electron chi connectivity index (χ4n) is 1.31. The number of nitrogens with zero attached hydrogens (tertiary/aromatic N) is 1. The van der Waals surface area contributed by atoms with Crippen molar-refractivity contribution < 1.29 is 9.32 Å². The van der Waals surface area contributed by atoms with Gasteiger partial charge in [0.2, 0.25) is 5.91 Å². The Hall–Kier alpha value is -2.36. The van der Waals surface area contributed by atoms with Crippen molar-refractivity contribution in [3.05, 3.63) is 49.2 Å². The highest BCUT2D eigenvalue weighted by Gasteiger charge is 2.10. The van der Waals surface area contributed by atoms with Gasteiger partial charge in [0.25, 0.3) is 0 Å². The maximum atomic E-state index is 11.2. The molecule has 2 aromatic rings. The highest BCUT2D eigenvalue weighted by molar-refractivity contribution is 6.00. The second-order valence-corrected chi connectivity index (χ2v) is 3.14. The van der Waals surface area contributed by atoms with Crippen LogP contribution in [0.5, 0.6) is 0 Å². The Morgan fingerprint density at radius 3 is 2.81 bits per heavy atom. The van der Waals surface area contributed by atoms with Gasteiger partial charge < -0.3 is 9.84 Å². The number of benzene rings is 1. The van der Waals surface area contributed by atoms with Crippen LogP contribution < -0.4 is 5.32 Å². The Balaban J connectivity index is 2.33. The van der Waals surface area contributed by atoms with Gasteiger partial charge in [-0.15, -0.1) is 0 Å². The molecule has 0 saturated heterocycles. The van der Waals surface area contributed by atoms with E-state index in [1.165, 1.54) is 12.3 Å². The fraction of sp³-hybridized carbons (Fsp3) is 0. The topological polar surface area (TPSA) is 55.1 Å². The first-order valence-electron chi connectivity index (χ1n) is 4.74. The highest BCUT2D eigenvalue weighted by atomic mass is 16.5. The summed E-state index contributed by atoms with van der Waals surface area (Å²) in [6.45, 7) is 3.38. The Morgan fingerprint density at radius 2 is 2.12 bits per heavy atom. The number of nitrogens with one attached hydrogen (secondary N) is 1. The summed E-state index contributed by atoms with van der Waals surface area (Å²) in [5.41, 5.74) is 2.03. The third-order valence-electron chi connectivity index (χ3n) is 2.06. The van der Waals surface area contributed by atoms with Gasteiger partial charge >= 0.3 is 0 Å². The molecule has 1 aromatic heterocycles. The molecule has 1 amide bonds. The summed E-state index contributed by atoms with van der Waals surface area (Å²) in [7, 11) is 0. The Bertz CT molecular complexity index is 503. The molecule has 0 radical (unpaired) electrons. The zero-order chi connectivity index (χ0) is 11.4. The first-order chi connectivity index (χ1) is 7.81. The lowest BCUT2D eigenvalue weighted by Crippen LogP contribution is -2.07. The minimum Gasteiger partial charge on any atom is -0.362 e. The van der Waals surface area contributed by atoms with Crippen LogP contribution in [0.4, 0.5) is 5.69 Å². The van der Waals surface area contributed by atoms with Crippen LogP contribution in [0.2, 0.25) is 0 Å². The Labute approximate surface area is 92.6 Å². The van der Waals surface area contributed by atoms with Crippen LogP contribution in [-0.4, -0.2) is 11.1 Å². The van der Waals surface area contributed by atoms with Crippen molar-refractivity contribution in [2.75, 3.05) is 5.32 Å². The average molecular weight is 214 g/mol. The van der Waals surface area contributed by atoms with Crippen molar-refractivity contribution in [1.29, 1.82) is 0 Å². The van der Waals surface area contributed by atoms with Crippen molar-refractivity contribution in [3.63, 3.8) is 0 Å². The zero-order valence-corrected chi connectivity index (χ0v) is 8.51. The maximum Gasteiger partial charge on any atom is 0.247 e. The quantitative estimate of drug-likeness (QED) is 0.798. The molecule has 0 unspecified atom stereocenters. The van der Waals surface area contributed by atoms with Crippen molar-refractivity contribution in [2.24, 2.45) is 0 Å². The van der Waals surface area contributed by atoms with Gasteiger partial charge in [0.15, 0.2) is 0 Å². The smallest absolute Gasteiger partial charge is 0.247 e. The summed E-state index contributed by atoms with van der Waals surface area (Å²) in [5, 5.41) is 6.48. The fourth-order valence-corrected chi connectivity index (χ4v) is 1.31. The van der Waals surface area contributed by atoms with E-state index in [4.69, 9.17) is 4.52 Å². The van der Waals surface area contributed by atoms with Crippen LogP contribution in [0.3, 0.4) is 0 Å². The number of carbonyl (C=O) groups excluding carboxylic acids is 1. The normalized spacial score (nSPS) is 9.75. The van der Waals surface area contributed by atoms with Crippen molar-refractivity contribution in [3.8, 4) is 11.3 Å². The number of anilines is 1. The van der Waals surface area contributed by atoms with E-state index in [1.54, 1.807) is 0 Å². The van der Waals surface area contributed by atoms with Gasteiger partial charge in [-0.2, -0.15) is 0 Å². The molecular weight excluding hydrogens is 204 g/mol. The van der Waals surface area contributed by atoms with Crippen LogP contribution in [0, 0.1) is 0 Å².